The average Bonchev–Trinajstić information content (AvgIpc) is 2.47. The molecule has 1 aromatic heterocycles. The number of hydrogen-bond donors (Lipinski definition) is 2. The molecule has 5 nitrogen and oxygen atoms in total. The highest BCUT2D eigenvalue weighted by molar-refractivity contribution is 7.89. The normalized spacial score (nSPS) is 23.4. The van der Waals surface area contributed by atoms with Crippen molar-refractivity contribution >= 4 is 10.0 Å². The zero-order valence-corrected chi connectivity index (χ0v) is 13.6. The fourth-order valence-corrected chi connectivity index (χ4v) is 4.30. The van der Waals surface area contributed by atoms with E-state index in [9.17, 15) is 8.42 Å². The number of aromatic nitrogens is 1. The van der Waals surface area contributed by atoms with Gasteiger partial charge in [0.1, 0.15) is 0 Å². The van der Waals surface area contributed by atoms with Crippen molar-refractivity contribution in [2.45, 2.75) is 57.1 Å². The lowest BCUT2D eigenvalue weighted by Crippen LogP contribution is -2.44. The Kier molecular flexibility index (Phi) is 5.35. The van der Waals surface area contributed by atoms with Crippen molar-refractivity contribution in [3.8, 4) is 0 Å². The smallest absolute Gasteiger partial charge is 0.258 e. The Morgan fingerprint density at radius 2 is 2.05 bits per heavy atom. The summed E-state index contributed by atoms with van der Waals surface area (Å²) in [5.74, 6) is 0.877. The van der Waals surface area contributed by atoms with Crippen LogP contribution in [0.5, 0.6) is 0 Å². The number of pyridine rings is 1. The molecule has 3 N–H and O–H groups in total. The molecule has 21 heavy (non-hydrogen) atoms. The Morgan fingerprint density at radius 3 is 2.62 bits per heavy atom. The summed E-state index contributed by atoms with van der Waals surface area (Å²) < 4.78 is 27.8. The first-order valence-corrected chi connectivity index (χ1v) is 9.09. The number of hydrogen-bond acceptors (Lipinski definition) is 4. The van der Waals surface area contributed by atoms with Crippen LogP contribution in [-0.4, -0.2) is 19.4 Å². The summed E-state index contributed by atoms with van der Waals surface area (Å²) in [4.78, 5) is 4.03. The summed E-state index contributed by atoms with van der Waals surface area (Å²) in [5.41, 5.74) is 6.33. The van der Waals surface area contributed by atoms with Crippen molar-refractivity contribution in [2.24, 2.45) is 17.6 Å². The van der Waals surface area contributed by atoms with E-state index >= 15 is 0 Å². The first-order valence-electron chi connectivity index (χ1n) is 7.61. The molecule has 2 atom stereocenters. The molecule has 0 bridgehead atoms. The lowest BCUT2D eigenvalue weighted by Gasteiger charge is -2.34. The maximum atomic E-state index is 12.5. The van der Waals surface area contributed by atoms with Gasteiger partial charge < -0.3 is 5.73 Å². The highest BCUT2D eigenvalue weighted by Gasteiger charge is 2.31. The van der Waals surface area contributed by atoms with E-state index in [2.05, 4.69) is 23.6 Å². The highest BCUT2D eigenvalue weighted by atomic mass is 32.2. The van der Waals surface area contributed by atoms with E-state index in [-0.39, 0.29) is 11.1 Å². The number of nitrogens with one attached hydrogen (secondary N) is 1. The monoisotopic (exact) mass is 311 g/mol. The Balaban J connectivity index is 2.15. The van der Waals surface area contributed by atoms with Crippen LogP contribution in [0.1, 0.15) is 45.1 Å². The first-order chi connectivity index (χ1) is 9.94. The molecule has 2 rings (SSSR count). The van der Waals surface area contributed by atoms with Crippen molar-refractivity contribution in [1.29, 1.82) is 0 Å². The molecule has 0 aromatic carbocycles. The number of nitrogens with zero attached hydrogens (tertiary/aromatic N) is 1. The van der Waals surface area contributed by atoms with Crippen LogP contribution in [0.15, 0.2) is 23.4 Å². The summed E-state index contributed by atoms with van der Waals surface area (Å²) >= 11 is 0. The number of rotatable bonds is 5. The lowest BCUT2D eigenvalue weighted by molar-refractivity contribution is 0.226. The molecule has 1 aliphatic rings. The van der Waals surface area contributed by atoms with Gasteiger partial charge in [0.2, 0.25) is 0 Å². The van der Waals surface area contributed by atoms with Gasteiger partial charge in [-0.2, -0.15) is 0 Å². The third kappa shape index (κ3) is 4.02. The predicted octanol–water partition coefficient (Wildman–Crippen LogP) is 2.03. The molecule has 0 aliphatic heterocycles. The van der Waals surface area contributed by atoms with Gasteiger partial charge in [-0.15, -0.1) is 0 Å². The molecular weight excluding hydrogens is 286 g/mol. The van der Waals surface area contributed by atoms with E-state index < -0.39 is 10.0 Å². The summed E-state index contributed by atoms with van der Waals surface area (Å²) in [6.45, 7) is 4.68. The second kappa shape index (κ2) is 6.85. The quantitative estimate of drug-likeness (QED) is 0.871. The van der Waals surface area contributed by atoms with Crippen LogP contribution in [-0.2, 0) is 16.6 Å². The van der Waals surface area contributed by atoms with Crippen LogP contribution in [0.4, 0.5) is 0 Å². The van der Waals surface area contributed by atoms with Crippen LogP contribution in [0.2, 0.25) is 0 Å². The SMILES string of the molecule is CC(C)C1CCCCC1NS(=O)(=O)c1ccc(CN)cn1. The van der Waals surface area contributed by atoms with E-state index in [1.807, 2.05) is 0 Å². The molecule has 0 saturated heterocycles. The molecule has 1 fully saturated rings. The molecule has 6 heteroatoms. The van der Waals surface area contributed by atoms with E-state index in [1.54, 1.807) is 6.07 Å². The number of sulfonamides is 1. The minimum atomic E-state index is -3.55. The van der Waals surface area contributed by atoms with Crippen LogP contribution in [0.3, 0.4) is 0 Å². The van der Waals surface area contributed by atoms with Crippen molar-refractivity contribution in [2.75, 3.05) is 0 Å². The molecule has 0 spiro atoms. The lowest BCUT2D eigenvalue weighted by atomic mass is 9.78. The third-order valence-corrected chi connectivity index (χ3v) is 5.70. The molecule has 118 valence electrons. The molecule has 2 unspecified atom stereocenters. The summed E-state index contributed by atoms with van der Waals surface area (Å²) in [5, 5.41) is 0.0766. The van der Waals surface area contributed by atoms with Gasteiger partial charge >= 0.3 is 0 Å². The summed E-state index contributed by atoms with van der Waals surface area (Å²) in [7, 11) is -3.55. The minimum Gasteiger partial charge on any atom is -0.326 e. The second-order valence-corrected chi connectivity index (χ2v) is 7.79. The van der Waals surface area contributed by atoms with Gasteiger partial charge in [0, 0.05) is 18.8 Å². The maximum absolute atomic E-state index is 12.5. The van der Waals surface area contributed by atoms with E-state index in [1.165, 1.54) is 18.7 Å². The fourth-order valence-electron chi connectivity index (χ4n) is 3.05. The van der Waals surface area contributed by atoms with Gasteiger partial charge in [0.25, 0.3) is 10.0 Å². The van der Waals surface area contributed by atoms with Crippen molar-refractivity contribution < 1.29 is 8.42 Å². The highest BCUT2D eigenvalue weighted by Crippen LogP contribution is 2.31. The molecule has 0 amide bonds. The first kappa shape index (κ1) is 16.4. The topological polar surface area (TPSA) is 85.1 Å². The second-order valence-electron chi connectivity index (χ2n) is 6.13. The Morgan fingerprint density at radius 1 is 1.33 bits per heavy atom. The molecule has 1 saturated carbocycles. The zero-order valence-electron chi connectivity index (χ0n) is 12.7. The van der Waals surface area contributed by atoms with Crippen LogP contribution < -0.4 is 10.5 Å². The molecule has 1 heterocycles. The van der Waals surface area contributed by atoms with Gasteiger partial charge in [0.15, 0.2) is 5.03 Å². The van der Waals surface area contributed by atoms with Gasteiger partial charge in [-0.1, -0.05) is 32.8 Å². The molecule has 0 radical (unpaired) electrons. The van der Waals surface area contributed by atoms with Gasteiger partial charge in [-0.25, -0.2) is 18.1 Å². The van der Waals surface area contributed by atoms with E-state index in [0.29, 0.717) is 18.4 Å². The third-order valence-electron chi connectivity index (χ3n) is 4.29. The molecule has 1 aromatic rings. The van der Waals surface area contributed by atoms with Crippen LogP contribution in [0, 0.1) is 11.8 Å². The van der Waals surface area contributed by atoms with Crippen molar-refractivity contribution in [1.82, 2.24) is 9.71 Å². The van der Waals surface area contributed by atoms with Crippen molar-refractivity contribution in [3.05, 3.63) is 23.9 Å². The average molecular weight is 311 g/mol. The Hall–Kier alpha value is -0.980. The van der Waals surface area contributed by atoms with Crippen LogP contribution in [0.25, 0.3) is 0 Å². The van der Waals surface area contributed by atoms with E-state index in [4.69, 9.17) is 5.73 Å². The summed E-state index contributed by atoms with van der Waals surface area (Å²) in [6.07, 6.45) is 5.78. The summed E-state index contributed by atoms with van der Waals surface area (Å²) in [6, 6.07) is 3.25. The number of nitrogens with two attached hydrogens (primary N) is 1. The largest absolute Gasteiger partial charge is 0.326 e. The zero-order chi connectivity index (χ0) is 15.5. The fraction of sp³-hybridized carbons (Fsp3) is 0.667. The van der Waals surface area contributed by atoms with E-state index in [0.717, 1.165) is 24.8 Å². The Bertz CT molecular complexity index is 555. The van der Waals surface area contributed by atoms with Gasteiger partial charge in [-0.05, 0) is 36.3 Å². The van der Waals surface area contributed by atoms with Gasteiger partial charge in [0.05, 0.1) is 0 Å². The molecule has 1 aliphatic carbocycles. The maximum Gasteiger partial charge on any atom is 0.258 e. The molecular formula is C15H25N3O2S. The predicted molar refractivity (Wildman–Crippen MR) is 83.0 cm³/mol. The van der Waals surface area contributed by atoms with Crippen LogP contribution >= 0.6 is 0 Å². The minimum absolute atomic E-state index is 0.0136. The standard InChI is InChI=1S/C15H25N3O2S/c1-11(2)13-5-3-4-6-14(13)18-21(19,20)15-8-7-12(9-16)10-17-15/h7-8,10-11,13-14,18H,3-6,9,16H2,1-2H3. The van der Waals surface area contributed by atoms with Crippen molar-refractivity contribution in [3.63, 3.8) is 0 Å². The Labute approximate surface area is 127 Å². The van der Waals surface area contributed by atoms with Gasteiger partial charge in [-0.3, -0.25) is 0 Å².